The zero-order chi connectivity index (χ0) is 18.5. The molecule has 1 heterocycles. The highest BCUT2D eigenvalue weighted by molar-refractivity contribution is 5.74. The number of urea groups is 1. The lowest BCUT2D eigenvalue weighted by atomic mass is 9.80. The van der Waals surface area contributed by atoms with Crippen LogP contribution in [-0.4, -0.2) is 34.9 Å². The quantitative estimate of drug-likeness (QED) is 0.639. The first kappa shape index (κ1) is 19.7. The van der Waals surface area contributed by atoms with Crippen LogP contribution in [0.3, 0.4) is 0 Å². The Morgan fingerprint density at radius 3 is 2.36 bits per heavy atom. The third-order valence-corrected chi connectivity index (χ3v) is 4.68. The van der Waals surface area contributed by atoms with E-state index in [0.717, 1.165) is 24.8 Å². The van der Waals surface area contributed by atoms with Crippen molar-refractivity contribution >= 4 is 6.03 Å². The van der Waals surface area contributed by atoms with Gasteiger partial charge in [-0.15, -0.1) is 0 Å². The summed E-state index contributed by atoms with van der Waals surface area (Å²) in [6.45, 7) is 8.83. The molecule has 1 unspecified atom stereocenters. The van der Waals surface area contributed by atoms with Crippen LogP contribution >= 0.6 is 0 Å². The number of aliphatic hydroxyl groups excluding tert-OH is 1. The number of piperidine rings is 1. The fraction of sp³-hybridized carbons (Fsp3) is 0.650. The van der Waals surface area contributed by atoms with Crippen molar-refractivity contribution in [3.05, 3.63) is 35.9 Å². The van der Waals surface area contributed by atoms with E-state index < -0.39 is 0 Å². The zero-order valence-electron chi connectivity index (χ0n) is 15.9. The monoisotopic (exact) mass is 347 g/mol. The molecule has 0 spiro atoms. The summed E-state index contributed by atoms with van der Waals surface area (Å²) in [6.07, 6.45) is 3.18. The third kappa shape index (κ3) is 6.33. The molecule has 1 saturated heterocycles. The van der Waals surface area contributed by atoms with Crippen LogP contribution in [0.5, 0.6) is 0 Å². The number of carbonyl (C=O) groups is 1. The van der Waals surface area contributed by atoms with Crippen LogP contribution in [0, 0.1) is 0 Å². The Balaban J connectivity index is 1.98. The topological polar surface area (TPSA) is 73.4 Å². The number of carbonyl (C=O) groups excluding carboxylic acids is 1. The predicted octanol–water partition coefficient (Wildman–Crippen LogP) is 3.11. The van der Waals surface area contributed by atoms with E-state index in [4.69, 9.17) is 5.11 Å². The first-order valence-electron chi connectivity index (χ1n) is 9.23. The second-order valence-electron chi connectivity index (χ2n) is 8.44. The molecule has 0 radical (unpaired) electrons. The summed E-state index contributed by atoms with van der Waals surface area (Å²) in [7, 11) is 0. The number of hydrogen-bond donors (Lipinski definition) is 4. The zero-order valence-corrected chi connectivity index (χ0v) is 15.9. The Kier molecular flexibility index (Phi) is 6.47. The molecule has 1 aliphatic rings. The highest BCUT2D eigenvalue weighted by Gasteiger charge is 2.38. The summed E-state index contributed by atoms with van der Waals surface area (Å²) >= 11 is 0. The van der Waals surface area contributed by atoms with Gasteiger partial charge in [0, 0.05) is 23.7 Å². The maximum Gasteiger partial charge on any atom is 0.315 e. The van der Waals surface area contributed by atoms with Gasteiger partial charge in [0.1, 0.15) is 0 Å². The van der Waals surface area contributed by atoms with E-state index in [1.54, 1.807) is 0 Å². The molecule has 2 amide bonds. The van der Waals surface area contributed by atoms with Gasteiger partial charge < -0.3 is 21.1 Å². The van der Waals surface area contributed by atoms with Gasteiger partial charge in [0.25, 0.3) is 0 Å². The molecule has 5 heteroatoms. The maximum atomic E-state index is 12.6. The number of nitrogens with one attached hydrogen (secondary N) is 3. The second-order valence-corrected chi connectivity index (χ2v) is 8.44. The number of hydrogen-bond acceptors (Lipinski definition) is 3. The van der Waals surface area contributed by atoms with Crippen molar-refractivity contribution in [2.24, 2.45) is 0 Å². The van der Waals surface area contributed by atoms with E-state index in [0.29, 0.717) is 6.42 Å². The number of aliphatic hydroxyl groups is 1. The SMILES string of the molecule is CC1(C)CC(NC(=O)NC(CCCO)c2ccccc2)CC(C)(C)N1. The van der Waals surface area contributed by atoms with E-state index in [-0.39, 0.29) is 35.8 Å². The Morgan fingerprint density at radius 2 is 1.80 bits per heavy atom. The molecule has 1 aromatic carbocycles. The summed E-state index contributed by atoms with van der Waals surface area (Å²) in [6, 6.07) is 9.85. The smallest absolute Gasteiger partial charge is 0.315 e. The normalized spacial score (nSPS) is 20.7. The molecule has 25 heavy (non-hydrogen) atoms. The average Bonchev–Trinajstić information content (AvgIpc) is 2.49. The van der Waals surface area contributed by atoms with Crippen LogP contribution in [0.15, 0.2) is 30.3 Å². The van der Waals surface area contributed by atoms with Gasteiger partial charge in [0.15, 0.2) is 0 Å². The van der Waals surface area contributed by atoms with Crippen molar-refractivity contribution in [1.29, 1.82) is 0 Å². The van der Waals surface area contributed by atoms with Gasteiger partial charge in [-0.05, 0) is 58.9 Å². The Labute approximate surface area is 151 Å². The highest BCUT2D eigenvalue weighted by Crippen LogP contribution is 2.28. The summed E-state index contributed by atoms with van der Waals surface area (Å²) < 4.78 is 0. The molecule has 4 N–H and O–H groups in total. The first-order chi connectivity index (χ1) is 11.7. The average molecular weight is 348 g/mol. The van der Waals surface area contributed by atoms with E-state index in [1.165, 1.54) is 0 Å². The van der Waals surface area contributed by atoms with Crippen molar-refractivity contribution < 1.29 is 9.90 Å². The third-order valence-electron chi connectivity index (χ3n) is 4.68. The minimum Gasteiger partial charge on any atom is -0.396 e. The summed E-state index contributed by atoms with van der Waals surface area (Å²) in [4.78, 5) is 12.6. The van der Waals surface area contributed by atoms with E-state index >= 15 is 0 Å². The Bertz CT molecular complexity index is 541. The van der Waals surface area contributed by atoms with Gasteiger partial charge in [0.2, 0.25) is 0 Å². The largest absolute Gasteiger partial charge is 0.396 e. The molecule has 0 aromatic heterocycles. The van der Waals surface area contributed by atoms with Crippen molar-refractivity contribution in [1.82, 2.24) is 16.0 Å². The Hall–Kier alpha value is -1.59. The van der Waals surface area contributed by atoms with Crippen molar-refractivity contribution in [2.75, 3.05) is 6.61 Å². The first-order valence-corrected chi connectivity index (χ1v) is 9.23. The number of rotatable bonds is 6. The van der Waals surface area contributed by atoms with Gasteiger partial charge in [-0.2, -0.15) is 0 Å². The lowest BCUT2D eigenvalue weighted by molar-refractivity contribution is 0.147. The second kappa shape index (κ2) is 8.19. The van der Waals surface area contributed by atoms with Crippen molar-refractivity contribution in [2.45, 2.75) is 76.5 Å². The molecule has 1 aliphatic heterocycles. The van der Waals surface area contributed by atoms with Crippen LogP contribution in [-0.2, 0) is 0 Å². The summed E-state index contributed by atoms with van der Waals surface area (Å²) in [5.74, 6) is 0. The molecular formula is C20H33N3O2. The fourth-order valence-electron chi connectivity index (χ4n) is 4.11. The van der Waals surface area contributed by atoms with Gasteiger partial charge in [0.05, 0.1) is 6.04 Å². The van der Waals surface area contributed by atoms with Crippen LogP contribution in [0.4, 0.5) is 4.79 Å². The van der Waals surface area contributed by atoms with Crippen molar-refractivity contribution in [3.63, 3.8) is 0 Å². The van der Waals surface area contributed by atoms with Crippen LogP contribution < -0.4 is 16.0 Å². The molecule has 0 bridgehead atoms. The summed E-state index contributed by atoms with van der Waals surface area (Å²) in [5, 5.41) is 19.0. The fourth-order valence-corrected chi connectivity index (χ4v) is 4.11. The van der Waals surface area contributed by atoms with E-state index in [2.05, 4.69) is 43.6 Å². The number of amides is 2. The van der Waals surface area contributed by atoms with Crippen molar-refractivity contribution in [3.8, 4) is 0 Å². The maximum absolute atomic E-state index is 12.6. The molecular weight excluding hydrogens is 314 g/mol. The summed E-state index contributed by atoms with van der Waals surface area (Å²) in [5.41, 5.74) is 1.06. The van der Waals surface area contributed by atoms with Gasteiger partial charge in [-0.1, -0.05) is 30.3 Å². The molecule has 0 saturated carbocycles. The minimum atomic E-state index is -0.134. The minimum absolute atomic E-state index is 0.00455. The van der Waals surface area contributed by atoms with E-state index in [1.807, 2.05) is 30.3 Å². The molecule has 5 nitrogen and oxygen atoms in total. The lowest BCUT2D eigenvalue weighted by Crippen LogP contribution is -2.62. The Morgan fingerprint density at radius 1 is 1.20 bits per heavy atom. The predicted molar refractivity (Wildman–Crippen MR) is 101 cm³/mol. The van der Waals surface area contributed by atoms with Crippen LogP contribution in [0.1, 0.15) is 65.0 Å². The lowest BCUT2D eigenvalue weighted by Gasteiger charge is -2.46. The van der Waals surface area contributed by atoms with E-state index in [9.17, 15) is 4.79 Å². The molecule has 1 fully saturated rings. The number of benzene rings is 1. The van der Waals surface area contributed by atoms with Crippen LogP contribution in [0.2, 0.25) is 0 Å². The van der Waals surface area contributed by atoms with Gasteiger partial charge in [-0.3, -0.25) is 0 Å². The molecule has 0 aliphatic carbocycles. The van der Waals surface area contributed by atoms with Gasteiger partial charge in [-0.25, -0.2) is 4.79 Å². The standard InChI is InChI=1S/C20H33N3O2/c1-19(2)13-16(14-20(3,4)23-19)21-18(25)22-17(11-8-12-24)15-9-6-5-7-10-15/h5-7,9-10,16-17,23-24H,8,11-14H2,1-4H3,(H2,21,22,25). The molecule has 1 aromatic rings. The highest BCUT2D eigenvalue weighted by atomic mass is 16.3. The molecule has 2 rings (SSSR count). The molecule has 140 valence electrons. The molecule has 1 atom stereocenters. The van der Waals surface area contributed by atoms with Gasteiger partial charge >= 0.3 is 6.03 Å². The van der Waals surface area contributed by atoms with Crippen LogP contribution in [0.25, 0.3) is 0 Å².